The zero-order valence-electron chi connectivity index (χ0n) is 10.1. The molecule has 0 bridgehead atoms. The van der Waals surface area contributed by atoms with Crippen molar-refractivity contribution in [1.29, 1.82) is 0 Å². The molecule has 0 saturated heterocycles. The number of rotatable bonds is 2. The van der Waals surface area contributed by atoms with Crippen LogP contribution in [0.4, 0.5) is 0 Å². The van der Waals surface area contributed by atoms with E-state index in [1.165, 1.54) is 6.07 Å². The molecular weight excluding hydrogens is 246 g/mol. The molecule has 0 aliphatic heterocycles. The highest BCUT2D eigenvalue weighted by Gasteiger charge is 2.29. The number of aryl methyl sites for hydroxylation is 1. The van der Waals surface area contributed by atoms with Crippen molar-refractivity contribution in [3.8, 4) is 11.4 Å². The van der Waals surface area contributed by atoms with Crippen molar-refractivity contribution in [2.45, 2.75) is 25.2 Å². The van der Waals surface area contributed by atoms with E-state index >= 15 is 0 Å². The van der Waals surface area contributed by atoms with Gasteiger partial charge in [0.1, 0.15) is 11.7 Å². The van der Waals surface area contributed by atoms with Gasteiger partial charge >= 0.3 is 5.97 Å². The van der Waals surface area contributed by atoms with Crippen LogP contribution in [0.15, 0.2) is 23.1 Å². The van der Waals surface area contributed by atoms with Crippen molar-refractivity contribution < 1.29 is 9.90 Å². The Morgan fingerprint density at radius 3 is 2.95 bits per heavy atom. The molecular formula is C13H13N3O3. The summed E-state index contributed by atoms with van der Waals surface area (Å²) in [7, 11) is 0. The van der Waals surface area contributed by atoms with E-state index in [2.05, 4.69) is 15.0 Å². The minimum atomic E-state index is -0.833. The number of carboxylic acid groups (broad SMARTS) is 1. The lowest BCUT2D eigenvalue weighted by molar-refractivity contribution is -0.139. The van der Waals surface area contributed by atoms with E-state index in [-0.39, 0.29) is 5.56 Å². The summed E-state index contributed by atoms with van der Waals surface area (Å²) in [5, 5.41) is 9.20. The second kappa shape index (κ2) is 4.38. The monoisotopic (exact) mass is 259 g/mol. The topological polar surface area (TPSA) is 98.8 Å². The van der Waals surface area contributed by atoms with E-state index < -0.39 is 11.9 Å². The Morgan fingerprint density at radius 2 is 2.26 bits per heavy atom. The highest BCUT2D eigenvalue weighted by molar-refractivity contribution is 5.76. The minimum absolute atomic E-state index is 0.177. The molecule has 2 aromatic heterocycles. The summed E-state index contributed by atoms with van der Waals surface area (Å²) in [6.45, 7) is 0. The molecule has 1 unspecified atom stereocenters. The first-order chi connectivity index (χ1) is 9.15. The summed E-state index contributed by atoms with van der Waals surface area (Å²) in [6.07, 6.45) is 3.85. The molecule has 3 rings (SSSR count). The maximum atomic E-state index is 11.2. The van der Waals surface area contributed by atoms with Crippen LogP contribution in [0.2, 0.25) is 0 Å². The third-order valence-corrected chi connectivity index (χ3v) is 3.42. The van der Waals surface area contributed by atoms with Crippen molar-refractivity contribution in [1.82, 2.24) is 15.0 Å². The van der Waals surface area contributed by atoms with Crippen molar-refractivity contribution in [2.75, 3.05) is 0 Å². The largest absolute Gasteiger partial charge is 0.481 e. The Kier molecular flexibility index (Phi) is 2.70. The molecule has 2 aromatic rings. The van der Waals surface area contributed by atoms with E-state index in [1.807, 2.05) is 0 Å². The van der Waals surface area contributed by atoms with Crippen molar-refractivity contribution in [2.24, 2.45) is 0 Å². The number of fused-ring (bicyclic) bond motifs is 1. The number of aromatic nitrogens is 3. The Bertz CT molecular complexity index is 666. The highest BCUT2D eigenvalue weighted by atomic mass is 16.4. The number of nitrogens with zero attached hydrogens (tertiary/aromatic N) is 1. The maximum Gasteiger partial charge on any atom is 0.312 e. The SMILES string of the molecule is O=C(O)C1CCCc2[nH]c(-c3ccc(=O)[nH]c3)nc21. The Morgan fingerprint density at radius 1 is 1.42 bits per heavy atom. The van der Waals surface area contributed by atoms with Gasteiger partial charge in [0.15, 0.2) is 0 Å². The first-order valence-electron chi connectivity index (χ1n) is 6.16. The number of hydrogen-bond donors (Lipinski definition) is 3. The summed E-state index contributed by atoms with van der Waals surface area (Å²) < 4.78 is 0. The van der Waals surface area contributed by atoms with Crippen LogP contribution in [-0.2, 0) is 11.2 Å². The van der Waals surface area contributed by atoms with E-state index in [4.69, 9.17) is 0 Å². The molecule has 0 radical (unpaired) electrons. The number of hydrogen-bond acceptors (Lipinski definition) is 3. The van der Waals surface area contributed by atoms with E-state index in [0.717, 1.165) is 24.1 Å². The molecule has 3 N–H and O–H groups in total. The average Bonchev–Trinajstić information content (AvgIpc) is 2.82. The van der Waals surface area contributed by atoms with Gasteiger partial charge in [0.05, 0.1) is 5.69 Å². The molecule has 98 valence electrons. The average molecular weight is 259 g/mol. The fourth-order valence-electron chi connectivity index (χ4n) is 2.46. The van der Waals surface area contributed by atoms with E-state index in [1.54, 1.807) is 12.3 Å². The van der Waals surface area contributed by atoms with Gasteiger partial charge in [-0.15, -0.1) is 0 Å². The number of pyridine rings is 1. The molecule has 2 heterocycles. The molecule has 6 heteroatoms. The molecule has 19 heavy (non-hydrogen) atoms. The zero-order chi connectivity index (χ0) is 13.4. The predicted molar refractivity (Wildman–Crippen MR) is 68.0 cm³/mol. The number of imidazole rings is 1. The lowest BCUT2D eigenvalue weighted by atomic mass is 9.90. The van der Waals surface area contributed by atoms with Crippen LogP contribution in [0.1, 0.15) is 30.1 Å². The number of aliphatic carboxylic acids is 1. The lowest BCUT2D eigenvalue weighted by Crippen LogP contribution is -2.17. The number of carboxylic acids is 1. The van der Waals surface area contributed by atoms with Gasteiger partial charge in [-0.2, -0.15) is 0 Å². The number of aromatic amines is 2. The van der Waals surface area contributed by atoms with Crippen LogP contribution in [-0.4, -0.2) is 26.0 Å². The lowest BCUT2D eigenvalue weighted by Gasteiger charge is -2.16. The van der Waals surface area contributed by atoms with Gasteiger partial charge in [-0.3, -0.25) is 9.59 Å². The molecule has 1 atom stereocenters. The van der Waals surface area contributed by atoms with Crippen LogP contribution in [0.5, 0.6) is 0 Å². The summed E-state index contributed by atoms with van der Waals surface area (Å²) in [5.74, 6) is -0.758. The van der Waals surface area contributed by atoms with Crippen LogP contribution in [0.25, 0.3) is 11.4 Å². The van der Waals surface area contributed by atoms with Gasteiger partial charge in [0.25, 0.3) is 0 Å². The number of nitrogens with one attached hydrogen (secondary N) is 2. The quantitative estimate of drug-likeness (QED) is 0.756. The molecule has 0 fully saturated rings. The second-order valence-corrected chi connectivity index (χ2v) is 4.67. The van der Waals surface area contributed by atoms with Gasteiger partial charge in [0, 0.05) is 23.5 Å². The van der Waals surface area contributed by atoms with E-state index in [9.17, 15) is 14.7 Å². The van der Waals surface area contributed by atoms with Gasteiger partial charge in [-0.1, -0.05) is 0 Å². The molecule has 0 aromatic carbocycles. The Balaban J connectivity index is 2.04. The van der Waals surface area contributed by atoms with Gasteiger partial charge in [-0.25, -0.2) is 4.98 Å². The fourth-order valence-corrected chi connectivity index (χ4v) is 2.46. The third kappa shape index (κ3) is 2.05. The molecule has 0 saturated carbocycles. The van der Waals surface area contributed by atoms with Crippen LogP contribution in [0.3, 0.4) is 0 Å². The highest BCUT2D eigenvalue weighted by Crippen LogP contribution is 2.32. The fraction of sp³-hybridized carbons (Fsp3) is 0.308. The molecule has 0 spiro atoms. The Hall–Kier alpha value is -2.37. The predicted octanol–water partition coefficient (Wildman–Crippen LogP) is 1.27. The summed E-state index contributed by atoms with van der Waals surface area (Å²) >= 11 is 0. The molecule has 1 aliphatic rings. The van der Waals surface area contributed by atoms with Crippen LogP contribution in [0, 0.1) is 0 Å². The van der Waals surface area contributed by atoms with E-state index in [0.29, 0.717) is 17.9 Å². The van der Waals surface area contributed by atoms with Gasteiger partial charge in [-0.05, 0) is 25.3 Å². The summed E-state index contributed by atoms with van der Waals surface area (Å²) in [5.41, 5.74) is 2.08. The third-order valence-electron chi connectivity index (χ3n) is 3.42. The first-order valence-corrected chi connectivity index (χ1v) is 6.16. The van der Waals surface area contributed by atoms with Gasteiger partial charge in [0.2, 0.25) is 5.56 Å². The molecule has 6 nitrogen and oxygen atoms in total. The Labute approximate surface area is 108 Å². The number of carbonyl (C=O) groups is 1. The summed E-state index contributed by atoms with van der Waals surface area (Å²) in [4.78, 5) is 32.4. The van der Waals surface area contributed by atoms with Crippen LogP contribution < -0.4 is 5.56 Å². The molecule has 0 amide bonds. The molecule has 1 aliphatic carbocycles. The standard InChI is InChI=1S/C13H13N3O3/c17-10-5-4-7(6-14-10)12-15-9-3-1-2-8(13(18)19)11(9)16-12/h4-6,8H,1-3H2,(H,14,17)(H,15,16)(H,18,19). The van der Waals surface area contributed by atoms with Gasteiger partial charge < -0.3 is 15.1 Å². The summed E-state index contributed by atoms with van der Waals surface area (Å²) in [6, 6.07) is 3.09. The number of H-pyrrole nitrogens is 2. The first kappa shape index (κ1) is 11.7. The van der Waals surface area contributed by atoms with Crippen molar-refractivity contribution in [3.05, 3.63) is 40.1 Å². The second-order valence-electron chi connectivity index (χ2n) is 4.67. The normalized spacial score (nSPS) is 18.0. The van der Waals surface area contributed by atoms with Crippen LogP contribution >= 0.6 is 0 Å². The minimum Gasteiger partial charge on any atom is -0.481 e. The smallest absolute Gasteiger partial charge is 0.312 e. The van der Waals surface area contributed by atoms with Crippen molar-refractivity contribution >= 4 is 5.97 Å². The zero-order valence-corrected chi connectivity index (χ0v) is 10.1. The maximum absolute atomic E-state index is 11.2. The van der Waals surface area contributed by atoms with Crippen molar-refractivity contribution in [3.63, 3.8) is 0 Å².